The topological polar surface area (TPSA) is 144 Å². The van der Waals surface area contributed by atoms with Gasteiger partial charge in [-0.25, -0.2) is 4.79 Å². The molecule has 0 spiro atoms. The van der Waals surface area contributed by atoms with Gasteiger partial charge in [0.05, 0.1) is 12.7 Å². The summed E-state index contributed by atoms with van der Waals surface area (Å²) in [6.45, 7) is 3.02. The van der Waals surface area contributed by atoms with E-state index in [2.05, 4.69) is 0 Å². The monoisotopic (exact) mass is 407 g/mol. The number of carbonyl (C=O) groups excluding carboxylic acids is 1. The third-order valence-electron chi connectivity index (χ3n) is 4.33. The lowest BCUT2D eigenvalue weighted by Gasteiger charge is -2.19. The van der Waals surface area contributed by atoms with Gasteiger partial charge < -0.3 is 38.5 Å². The van der Waals surface area contributed by atoms with Crippen LogP contribution < -0.4 is 21.8 Å². The van der Waals surface area contributed by atoms with E-state index >= 15 is 0 Å². The molecule has 0 bridgehead atoms. The second kappa shape index (κ2) is 9.27. The van der Waals surface area contributed by atoms with Crippen LogP contribution in [0.15, 0.2) is 31.8 Å². The van der Waals surface area contributed by atoms with E-state index in [1.807, 2.05) is 6.07 Å². The fourth-order valence-electron chi connectivity index (χ4n) is 3.03. The van der Waals surface area contributed by atoms with Crippen LogP contribution in [0.5, 0.6) is 5.75 Å². The first kappa shape index (κ1) is 21.1. The van der Waals surface area contributed by atoms with Crippen LogP contribution in [0.4, 0.5) is 0 Å². The molecule has 3 N–H and O–H groups in total. The van der Waals surface area contributed by atoms with Gasteiger partial charge in [0.1, 0.15) is 24.7 Å². The van der Waals surface area contributed by atoms with Crippen molar-refractivity contribution in [2.24, 2.45) is 5.73 Å². The molecule has 1 aliphatic rings. The van der Waals surface area contributed by atoms with E-state index in [1.54, 1.807) is 19.1 Å². The van der Waals surface area contributed by atoms with E-state index in [0.717, 1.165) is 5.56 Å². The molecular weight excluding hydrogens is 385 g/mol. The maximum Gasteiger partial charge on any atom is 0.519 e. The number of carbonyl (C=O) groups is 1. The fourth-order valence-corrected chi connectivity index (χ4v) is 3.03. The van der Waals surface area contributed by atoms with Crippen LogP contribution in [0.25, 0.3) is 0 Å². The zero-order valence-corrected chi connectivity index (χ0v) is 16.1. The van der Waals surface area contributed by atoms with Crippen molar-refractivity contribution in [2.45, 2.75) is 32.7 Å². The first-order valence-corrected chi connectivity index (χ1v) is 9.02. The maximum atomic E-state index is 11.4. The van der Waals surface area contributed by atoms with E-state index in [9.17, 15) is 14.6 Å². The van der Waals surface area contributed by atoms with Crippen LogP contribution in [0.2, 0.25) is 0 Å². The highest BCUT2D eigenvalue weighted by Gasteiger charge is 2.37. The van der Waals surface area contributed by atoms with Crippen LogP contribution in [0.3, 0.4) is 0 Å². The number of hydrogen-bond acceptors (Lipinski definition) is 10. The lowest BCUT2D eigenvalue weighted by molar-refractivity contribution is -0.151. The van der Waals surface area contributed by atoms with Crippen LogP contribution in [-0.2, 0) is 25.5 Å². The second-order valence-corrected chi connectivity index (χ2v) is 6.46. The van der Waals surface area contributed by atoms with E-state index in [0.29, 0.717) is 17.0 Å². The molecule has 10 nitrogen and oxygen atoms in total. The van der Waals surface area contributed by atoms with Crippen molar-refractivity contribution in [3.63, 3.8) is 0 Å². The van der Waals surface area contributed by atoms with Gasteiger partial charge >= 0.3 is 18.9 Å². The average Bonchev–Trinajstić information content (AvgIpc) is 3.17. The number of aryl methyl sites for hydroxylation is 1. The molecule has 0 fully saturated rings. The number of nitrogens with two attached hydrogens (primary N) is 1. The normalized spacial score (nSPS) is 16.6. The summed E-state index contributed by atoms with van der Waals surface area (Å²) in [4.78, 5) is 22.5. The Kier molecular flexibility index (Phi) is 6.75. The lowest BCUT2D eigenvalue weighted by atomic mass is 9.78. The van der Waals surface area contributed by atoms with Gasteiger partial charge in [-0.3, -0.25) is 4.79 Å². The van der Waals surface area contributed by atoms with E-state index in [1.165, 1.54) is 6.92 Å². The van der Waals surface area contributed by atoms with Gasteiger partial charge in [0, 0.05) is 18.9 Å². The Morgan fingerprint density at radius 3 is 2.79 bits per heavy atom. The van der Waals surface area contributed by atoms with Gasteiger partial charge in [-0.15, -0.1) is 0 Å². The van der Waals surface area contributed by atoms with Crippen LogP contribution in [0.1, 0.15) is 30.1 Å². The molecule has 0 radical (unpaired) electrons. The summed E-state index contributed by atoms with van der Waals surface area (Å²) in [5, 5.41) is 10.2. The maximum absolute atomic E-state index is 11.4. The number of esters is 1. The van der Waals surface area contributed by atoms with Crippen molar-refractivity contribution in [3.8, 4) is 5.75 Å². The largest absolute Gasteiger partial charge is 0.519 e. The number of hydrogen-bond donors (Lipinski definition) is 2. The third kappa shape index (κ3) is 5.07. The Bertz CT molecular complexity index is 909. The lowest BCUT2D eigenvalue weighted by Crippen LogP contribution is -2.33. The molecular formula is C18H22BNO9. The van der Waals surface area contributed by atoms with E-state index in [-0.39, 0.29) is 32.1 Å². The van der Waals surface area contributed by atoms with Gasteiger partial charge in [-0.05, 0) is 18.6 Å². The minimum absolute atomic E-state index is 0.00653. The predicted molar refractivity (Wildman–Crippen MR) is 99.6 cm³/mol. The summed E-state index contributed by atoms with van der Waals surface area (Å²) in [7, 11) is -1.15. The molecule has 1 aliphatic heterocycles. The minimum atomic E-state index is -1.15. The number of fused-ring (bicyclic) bond motifs is 1. The van der Waals surface area contributed by atoms with Crippen LogP contribution in [0, 0.1) is 6.92 Å². The smallest absolute Gasteiger partial charge is 0.490 e. The second-order valence-electron chi connectivity index (χ2n) is 6.46. The van der Waals surface area contributed by atoms with Crippen LogP contribution in [-0.4, -0.2) is 44.0 Å². The van der Waals surface area contributed by atoms with Gasteiger partial charge in [-0.2, -0.15) is 0 Å². The molecule has 0 saturated carbocycles. The zero-order chi connectivity index (χ0) is 21.0. The molecule has 2 aromatic rings. The Labute approximate surface area is 166 Å². The molecule has 2 heterocycles. The summed E-state index contributed by atoms with van der Waals surface area (Å²) >= 11 is 0. The van der Waals surface area contributed by atoms with Crippen LogP contribution >= 0.6 is 0 Å². The summed E-state index contributed by atoms with van der Waals surface area (Å²) < 4.78 is 31.5. The van der Waals surface area contributed by atoms with Crippen molar-refractivity contribution in [2.75, 3.05) is 19.8 Å². The molecule has 156 valence electrons. The van der Waals surface area contributed by atoms with Gasteiger partial charge in [-0.1, -0.05) is 12.1 Å². The van der Waals surface area contributed by atoms with Crippen molar-refractivity contribution in [1.29, 1.82) is 0 Å². The van der Waals surface area contributed by atoms with Gasteiger partial charge in [0.15, 0.2) is 11.9 Å². The molecule has 2 atom stereocenters. The SMILES string of the molecule is CC(=O)O[C@H](COCc1oc(=O)oc1C)COc1cccc2c1B(O)O[C@@H]2CN. The molecule has 3 rings (SSSR count). The summed E-state index contributed by atoms with van der Waals surface area (Å²) in [6, 6.07) is 5.25. The molecule has 1 aromatic heterocycles. The highest BCUT2D eigenvalue weighted by Crippen LogP contribution is 2.27. The molecule has 29 heavy (non-hydrogen) atoms. The van der Waals surface area contributed by atoms with Crippen molar-refractivity contribution < 1.29 is 37.5 Å². The Morgan fingerprint density at radius 2 is 2.14 bits per heavy atom. The first-order chi connectivity index (χ1) is 13.9. The summed E-state index contributed by atoms with van der Waals surface area (Å²) in [5.41, 5.74) is 6.92. The highest BCUT2D eigenvalue weighted by molar-refractivity contribution is 6.62. The Morgan fingerprint density at radius 1 is 1.34 bits per heavy atom. The predicted octanol–water partition coefficient (Wildman–Crippen LogP) is -0.214. The van der Waals surface area contributed by atoms with Crippen molar-refractivity contribution >= 4 is 18.6 Å². The summed E-state index contributed by atoms with van der Waals surface area (Å²) in [6.07, 6.45) is -1.14. The zero-order valence-electron chi connectivity index (χ0n) is 16.1. The van der Waals surface area contributed by atoms with Crippen molar-refractivity contribution in [1.82, 2.24) is 0 Å². The molecule has 0 aliphatic carbocycles. The third-order valence-corrected chi connectivity index (χ3v) is 4.33. The summed E-state index contributed by atoms with van der Waals surface area (Å²) in [5.74, 6) is -0.335. The molecule has 0 amide bonds. The average molecular weight is 407 g/mol. The van der Waals surface area contributed by atoms with E-state index in [4.69, 9.17) is 33.4 Å². The van der Waals surface area contributed by atoms with Gasteiger partial charge in [0.2, 0.25) is 0 Å². The Balaban J connectivity index is 1.62. The molecule has 0 unspecified atom stereocenters. The van der Waals surface area contributed by atoms with E-state index < -0.39 is 31.1 Å². The minimum Gasteiger partial charge on any atom is -0.490 e. The Hall–Kier alpha value is -2.60. The molecule has 0 saturated heterocycles. The molecule has 1 aromatic carbocycles. The quantitative estimate of drug-likeness (QED) is 0.423. The number of rotatable bonds is 9. The number of benzene rings is 1. The number of ether oxygens (including phenoxy) is 3. The highest BCUT2D eigenvalue weighted by atomic mass is 16.6. The standard InChI is InChI=1S/C18H22BNO9/c1-10-16(28-18(22)26-10)9-24-7-12(27-11(2)21)8-25-14-5-3-4-13-15(6-20)29-19(23)17(13)14/h3-5,12,15,23H,6-9,20H2,1-2H3/t12-,15-/m1/s1. The van der Waals surface area contributed by atoms with Crippen molar-refractivity contribution in [3.05, 3.63) is 45.9 Å². The van der Waals surface area contributed by atoms with Gasteiger partial charge in [0.25, 0.3) is 0 Å². The fraction of sp³-hybridized carbons (Fsp3) is 0.444. The first-order valence-electron chi connectivity index (χ1n) is 9.02. The molecule has 11 heteroatoms.